The normalized spacial score (nSPS) is 16.3. The van der Waals surface area contributed by atoms with Gasteiger partial charge in [0.1, 0.15) is 11.3 Å². The second kappa shape index (κ2) is 9.06. The van der Waals surface area contributed by atoms with E-state index in [0.717, 1.165) is 0 Å². The molecule has 35 heavy (non-hydrogen) atoms. The molecule has 2 atom stereocenters. The van der Waals surface area contributed by atoms with Gasteiger partial charge in [-0.3, -0.25) is 4.79 Å². The van der Waals surface area contributed by atoms with Crippen molar-refractivity contribution < 1.29 is 28.2 Å². The number of benzene rings is 3. The molecule has 0 saturated heterocycles. The molecule has 0 aliphatic carbocycles. The summed E-state index contributed by atoms with van der Waals surface area (Å²) in [5, 5.41) is 3.49. The van der Waals surface area contributed by atoms with Gasteiger partial charge in [-0.15, -0.1) is 0 Å². The zero-order valence-electron chi connectivity index (χ0n) is 19.4. The number of carbonyl (C=O) groups is 1. The van der Waals surface area contributed by atoms with Crippen LogP contribution in [0, 0.1) is 0 Å². The molecule has 0 spiro atoms. The molecule has 4 aromatic rings. The maximum absolute atomic E-state index is 13.5. The molecule has 1 N–H and O–H groups in total. The standard InChI is InChI=1S/C27H23NO7/c1-31-19-13-15(14-20(32-2)24(19)33-3)21-22-23(17-11-7-8-12-18(17)34-27(22)30)35-25(21)26(29)28-16-9-5-4-6-10-16/h4-14,21,25H,1-3H3,(H,28,29)/t21-,25-/m1/s1. The molecule has 5 rings (SSSR count). The summed E-state index contributed by atoms with van der Waals surface area (Å²) >= 11 is 0. The van der Waals surface area contributed by atoms with Crippen LogP contribution in [-0.4, -0.2) is 33.3 Å². The Bertz CT molecular complexity index is 1440. The number of para-hydroxylation sites is 2. The monoisotopic (exact) mass is 473 g/mol. The Morgan fingerprint density at radius 3 is 2.20 bits per heavy atom. The first kappa shape index (κ1) is 22.3. The summed E-state index contributed by atoms with van der Waals surface area (Å²) in [5.74, 6) is 0.306. The maximum atomic E-state index is 13.5. The minimum Gasteiger partial charge on any atom is -0.493 e. The van der Waals surface area contributed by atoms with Gasteiger partial charge in [0.2, 0.25) is 5.75 Å². The Hall–Kier alpha value is -4.46. The Morgan fingerprint density at radius 2 is 1.54 bits per heavy atom. The molecule has 2 heterocycles. The maximum Gasteiger partial charge on any atom is 0.344 e. The van der Waals surface area contributed by atoms with Crippen LogP contribution in [0.3, 0.4) is 0 Å². The average molecular weight is 473 g/mol. The second-order valence-electron chi connectivity index (χ2n) is 7.96. The smallest absolute Gasteiger partial charge is 0.344 e. The van der Waals surface area contributed by atoms with Gasteiger partial charge in [-0.1, -0.05) is 30.3 Å². The van der Waals surface area contributed by atoms with Crippen LogP contribution in [0.2, 0.25) is 0 Å². The van der Waals surface area contributed by atoms with Crippen molar-refractivity contribution in [2.75, 3.05) is 26.6 Å². The molecule has 0 radical (unpaired) electrons. The number of ether oxygens (including phenoxy) is 4. The molecule has 0 bridgehead atoms. The van der Waals surface area contributed by atoms with Crippen molar-refractivity contribution in [3.63, 3.8) is 0 Å². The third kappa shape index (κ3) is 3.82. The highest BCUT2D eigenvalue weighted by Crippen LogP contribution is 2.48. The third-order valence-electron chi connectivity index (χ3n) is 6.00. The number of carbonyl (C=O) groups excluding carboxylic acids is 1. The molecular weight excluding hydrogens is 450 g/mol. The molecule has 1 aromatic heterocycles. The van der Waals surface area contributed by atoms with Crippen LogP contribution in [0.5, 0.6) is 23.0 Å². The SMILES string of the molecule is COc1cc([C@@H]2c3c(c4ccccc4oc3=O)O[C@H]2C(=O)Nc2ccccc2)cc(OC)c1OC. The quantitative estimate of drug-likeness (QED) is 0.416. The van der Waals surface area contributed by atoms with E-state index in [2.05, 4.69) is 5.32 Å². The number of nitrogens with one attached hydrogen (secondary N) is 1. The number of methoxy groups -OCH3 is 3. The minimum atomic E-state index is -1.05. The van der Waals surface area contributed by atoms with Gasteiger partial charge < -0.3 is 28.7 Å². The van der Waals surface area contributed by atoms with Crippen LogP contribution in [-0.2, 0) is 4.79 Å². The third-order valence-corrected chi connectivity index (χ3v) is 6.00. The zero-order chi connectivity index (χ0) is 24.5. The number of hydrogen-bond acceptors (Lipinski definition) is 7. The lowest BCUT2D eigenvalue weighted by Gasteiger charge is -2.21. The van der Waals surface area contributed by atoms with Crippen molar-refractivity contribution in [1.29, 1.82) is 0 Å². The van der Waals surface area contributed by atoms with Crippen molar-refractivity contribution in [3.05, 3.63) is 88.3 Å². The van der Waals surface area contributed by atoms with E-state index in [0.29, 0.717) is 45.2 Å². The van der Waals surface area contributed by atoms with E-state index in [-0.39, 0.29) is 5.56 Å². The molecule has 8 nitrogen and oxygen atoms in total. The highest BCUT2D eigenvalue weighted by Gasteiger charge is 2.45. The number of rotatable bonds is 6. The highest BCUT2D eigenvalue weighted by atomic mass is 16.5. The van der Waals surface area contributed by atoms with Crippen molar-refractivity contribution >= 4 is 22.6 Å². The van der Waals surface area contributed by atoms with Crippen LogP contribution in [0.4, 0.5) is 5.69 Å². The summed E-state index contributed by atoms with van der Waals surface area (Å²) < 4.78 is 28.3. The number of anilines is 1. The van der Waals surface area contributed by atoms with Gasteiger partial charge in [0.15, 0.2) is 17.6 Å². The predicted molar refractivity (Wildman–Crippen MR) is 130 cm³/mol. The lowest BCUT2D eigenvalue weighted by atomic mass is 9.87. The minimum absolute atomic E-state index is 0.256. The van der Waals surface area contributed by atoms with Crippen LogP contribution >= 0.6 is 0 Å². The number of hydrogen-bond donors (Lipinski definition) is 1. The molecule has 178 valence electrons. The fraction of sp³-hybridized carbons (Fsp3) is 0.185. The van der Waals surface area contributed by atoms with E-state index >= 15 is 0 Å². The fourth-order valence-electron chi connectivity index (χ4n) is 4.44. The second-order valence-corrected chi connectivity index (χ2v) is 7.96. The molecule has 0 fully saturated rings. The Labute approximate surface area is 201 Å². The summed E-state index contributed by atoms with van der Waals surface area (Å²) in [6.07, 6.45) is -1.05. The summed E-state index contributed by atoms with van der Waals surface area (Å²) in [5.41, 5.74) is 1.24. The van der Waals surface area contributed by atoms with Gasteiger partial charge in [-0.05, 0) is 42.0 Å². The van der Waals surface area contributed by atoms with Crippen LogP contribution in [0.1, 0.15) is 17.0 Å². The molecule has 1 aliphatic rings. The predicted octanol–water partition coefficient (Wildman–Crippen LogP) is 4.35. The van der Waals surface area contributed by atoms with Gasteiger partial charge in [0.25, 0.3) is 5.91 Å². The molecule has 0 saturated carbocycles. The zero-order valence-corrected chi connectivity index (χ0v) is 19.4. The largest absolute Gasteiger partial charge is 0.493 e. The van der Waals surface area contributed by atoms with E-state index in [1.165, 1.54) is 21.3 Å². The summed E-state index contributed by atoms with van der Waals surface area (Å²) in [4.78, 5) is 26.7. The lowest BCUT2D eigenvalue weighted by Crippen LogP contribution is -2.35. The van der Waals surface area contributed by atoms with Crippen molar-refractivity contribution in [2.24, 2.45) is 0 Å². The van der Waals surface area contributed by atoms with Crippen molar-refractivity contribution in [3.8, 4) is 23.0 Å². The average Bonchev–Trinajstić information content (AvgIpc) is 3.30. The van der Waals surface area contributed by atoms with Crippen molar-refractivity contribution in [1.82, 2.24) is 0 Å². The lowest BCUT2D eigenvalue weighted by molar-refractivity contribution is -0.122. The topological polar surface area (TPSA) is 96.2 Å². The molecule has 8 heteroatoms. The van der Waals surface area contributed by atoms with Gasteiger partial charge in [0, 0.05) is 5.69 Å². The fourth-order valence-corrected chi connectivity index (χ4v) is 4.44. The molecule has 1 amide bonds. The molecular formula is C27H23NO7. The first-order valence-electron chi connectivity index (χ1n) is 10.9. The van der Waals surface area contributed by atoms with Crippen LogP contribution < -0.4 is 29.9 Å². The Morgan fingerprint density at radius 1 is 0.886 bits per heavy atom. The number of amides is 1. The summed E-state index contributed by atoms with van der Waals surface area (Å²) in [6.45, 7) is 0. The van der Waals surface area contributed by atoms with Gasteiger partial charge in [0.05, 0.1) is 38.2 Å². The van der Waals surface area contributed by atoms with Crippen LogP contribution in [0.25, 0.3) is 11.0 Å². The van der Waals surface area contributed by atoms with Gasteiger partial charge in [-0.2, -0.15) is 0 Å². The van der Waals surface area contributed by atoms with E-state index in [1.807, 2.05) is 24.3 Å². The molecule has 0 unspecified atom stereocenters. The first-order chi connectivity index (χ1) is 17.0. The van der Waals surface area contributed by atoms with E-state index in [9.17, 15) is 9.59 Å². The van der Waals surface area contributed by atoms with E-state index < -0.39 is 23.6 Å². The van der Waals surface area contributed by atoms with Crippen LogP contribution in [0.15, 0.2) is 75.9 Å². The summed E-state index contributed by atoms with van der Waals surface area (Å²) in [6, 6.07) is 19.5. The first-order valence-corrected chi connectivity index (χ1v) is 10.9. The Balaban J connectivity index is 1.70. The van der Waals surface area contributed by atoms with Gasteiger partial charge >= 0.3 is 5.63 Å². The van der Waals surface area contributed by atoms with E-state index in [4.69, 9.17) is 23.4 Å². The molecule has 3 aromatic carbocycles. The number of fused-ring (bicyclic) bond motifs is 3. The van der Waals surface area contributed by atoms with Crippen molar-refractivity contribution in [2.45, 2.75) is 12.0 Å². The summed E-state index contributed by atoms with van der Waals surface area (Å²) in [7, 11) is 4.51. The van der Waals surface area contributed by atoms with E-state index in [1.54, 1.807) is 42.5 Å². The highest BCUT2D eigenvalue weighted by molar-refractivity contribution is 5.97. The van der Waals surface area contributed by atoms with Gasteiger partial charge in [-0.25, -0.2) is 4.79 Å². The molecule has 1 aliphatic heterocycles. The Kier molecular flexibility index (Phi) is 5.78.